The molecule has 1 atom stereocenters. The van der Waals surface area contributed by atoms with E-state index >= 15 is 0 Å². The van der Waals surface area contributed by atoms with Crippen LogP contribution in [-0.4, -0.2) is 21.1 Å². The Kier molecular flexibility index (Phi) is 6.35. The number of nitriles is 1. The number of carbonyl (C=O) groups excluding carboxylic acids is 1. The Morgan fingerprint density at radius 2 is 2.00 bits per heavy atom. The fourth-order valence-electron chi connectivity index (χ4n) is 3.65. The van der Waals surface area contributed by atoms with Gasteiger partial charge in [0.2, 0.25) is 5.91 Å². The molecule has 0 spiro atoms. The summed E-state index contributed by atoms with van der Waals surface area (Å²) in [6.07, 6.45) is 6.66. The number of fused-ring (bicyclic) bond motifs is 2. The Morgan fingerprint density at radius 1 is 1.20 bits per heavy atom. The summed E-state index contributed by atoms with van der Waals surface area (Å²) in [7, 11) is 0. The van der Waals surface area contributed by atoms with Crippen molar-refractivity contribution in [1.29, 1.82) is 5.26 Å². The SMILES string of the molecule is Cc1ccc2nc(NC(=O)C(C)Sc3nc4c(cc3C#N)CCCCCC4)sc2c1. The number of thiazole rings is 1. The van der Waals surface area contributed by atoms with Crippen LogP contribution >= 0.6 is 23.1 Å². The summed E-state index contributed by atoms with van der Waals surface area (Å²) in [4.78, 5) is 22.1. The maximum atomic E-state index is 12.8. The molecule has 1 amide bonds. The summed E-state index contributed by atoms with van der Waals surface area (Å²) in [5.74, 6) is -0.131. The highest BCUT2D eigenvalue weighted by Crippen LogP contribution is 2.31. The first-order chi connectivity index (χ1) is 14.5. The van der Waals surface area contributed by atoms with E-state index in [1.807, 2.05) is 32.0 Å². The maximum absolute atomic E-state index is 12.8. The highest BCUT2D eigenvalue weighted by atomic mass is 32.2. The number of carbonyl (C=O) groups is 1. The largest absolute Gasteiger partial charge is 0.301 e. The normalized spacial score (nSPS) is 15.0. The zero-order valence-electron chi connectivity index (χ0n) is 17.2. The van der Waals surface area contributed by atoms with Crippen LogP contribution in [0.2, 0.25) is 0 Å². The van der Waals surface area contributed by atoms with E-state index in [-0.39, 0.29) is 11.2 Å². The summed E-state index contributed by atoms with van der Waals surface area (Å²) in [5, 5.41) is 13.4. The minimum absolute atomic E-state index is 0.131. The number of anilines is 1. The molecule has 30 heavy (non-hydrogen) atoms. The lowest BCUT2D eigenvalue weighted by Gasteiger charge is -2.16. The summed E-state index contributed by atoms with van der Waals surface area (Å²) in [6.45, 7) is 3.88. The lowest BCUT2D eigenvalue weighted by Crippen LogP contribution is -2.22. The molecule has 0 bridgehead atoms. The van der Waals surface area contributed by atoms with E-state index in [1.165, 1.54) is 47.1 Å². The molecule has 1 N–H and O–H groups in total. The van der Waals surface area contributed by atoms with Gasteiger partial charge in [0, 0.05) is 5.69 Å². The minimum atomic E-state index is -0.384. The number of nitrogens with one attached hydrogen (secondary N) is 1. The molecule has 154 valence electrons. The third-order valence-electron chi connectivity index (χ3n) is 5.32. The Labute approximate surface area is 184 Å². The number of benzene rings is 1. The van der Waals surface area contributed by atoms with Crippen LogP contribution in [0.3, 0.4) is 0 Å². The van der Waals surface area contributed by atoms with Gasteiger partial charge in [-0.05, 0) is 68.9 Å². The van der Waals surface area contributed by atoms with Crippen molar-refractivity contribution in [3.8, 4) is 6.07 Å². The molecule has 1 aliphatic rings. The molecule has 3 aromatic rings. The number of aryl methyl sites for hydroxylation is 3. The van der Waals surface area contributed by atoms with Crippen molar-refractivity contribution in [3.05, 3.63) is 46.6 Å². The average Bonchev–Trinajstić information content (AvgIpc) is 3.10. The molecule has 4 rings (SSSR count). The van der Waals surface area contributed by atoms with E-state index in [0.29, 0.717) is 15.7 Å². The number of hydrogen-bond acceptors (Lipinski definition) is 6. The van der Waals surface area contributed by atoms with Crippen LogP contribution in [-0.2, 0) is 17.6 Å². The number of rotatable bonds is 4. The lowest BCUT2D eigenvalue weighted by molar-refractivity contribution is -0.115. The Morgan fingerprint density at radius 3 is 2.80 bits per heavy atom. The first kappa shape index (κ1) is 20.8. The molecule has 0 saturated carbocycles. The number of aromatic nitrogens is 2. The van der Waals surface area contributed by atoms with E-state index in [0.717, 1.165) is 41.6 Å². The smallest absolute Gasteiger partial charge is 0.239 e. The molecule has 7 heteroatoms. The number of pyridine rings is 1. The van der Waals surface area contributed by atoms with Gasteiger partial charge in [-0.2, -0.15) is 5.26 Å². The number of nitrogens with zero attached hydrogens (tertiary/aromatic N) is 3. The van der Waals surface area contributed by atoms with E-state index in [9.17, 15) is 10.1 Å². The van der Waals surface area contributed by atoms with Crippen LogP contribution in [0.1, 0.15) is 55.0 Å². The van der Waals surface area contributed by atoms with Crippen molar-refractivity contribution in [2.24, 2.45) is 0 Å². The van der Waals surface area contributed by atoms with Gasteiger partial charge in [0.05, 0.1) is 21.0 Å². The van der Waals surface area contributed by atoms with Gasteiger partial charge in [0.25, 0.3) is 0 Å². The molecule has 1 aromatic carbocycles. The van der Waals surface area contributed by atoms with Crippen LogP contribution in [0.15, 0.2) is 29.3 Å². The van der Waals surface area contributed by atoms with Gasteiger partial charge in [0.15, 0.2) is 5.13 Å². The summed E-state index contributed by atoms with van der Waals surface area (Å²) < 4.78 is 1.06. The predicted octanol–water partition coefficient (Wildman–Crippen LogP) is 5.65. The first-order valence-electron chi connectivity index (χ1n) is 10.3. The summed E-state index contributed by atoms with van der Waals surface area (Å²) >= 11 is 2.82. The minimum Gasteiger partial charge on any atom is -0.301 e. The Balaban J connectivity index is 1.50. The molecule has 1 aliphatic carbocycles. The highest BCUT2D eigenvalue weighted by molar-refractivity contribution is 8.00. The molecule has 5 nitrogen and oxygen atoms in total. The van der Waals surface area contributed by atoms with Crippen molar-refractivity contribution < 1.29 is 4.79 Å². The Bertz CT molecular complexity index is 1130. The van der Waals surface area contributed by atoms with Crippen molar-refractivity contribution in [2.75, 3.05) is 5.32 Å². The second kappa shape index (κ2) is 9.15. The van der Waals surface area contributed by atoms with Crippen LogP contribution in [0.5, 0.6) is 0 Å². The van der Waals surface area contributed by atoms with Crippen LogP contribution in [0.4, 0.5) is 5.13 Å². The predicted molar refractivity (Wildman–Crippen MR) is 123 cm³/mol. The van der Waals surface area contributed by atoms with Crippen LogP contribution < -0.4 is 5.32 Å². The fourth-order valence-corrected chi connectivity index (χ4v) is 5.51. The number of hydrogen-bond donors (Lipinski definition) is 1. The van der Waals surface area contributed by atoms with Gasteiger partial charge in [-0.3, -0.25) is 4.79 Å². The van der Waals surface area contributed by atoms with Crippen LogP contribution in [0.25, 0.3) is 10.2 Å². The molecule has 2 heterocycles. The Hall–Kier alpha value is -2.43. The zero-order valence-corrected chi connectivity index (χ0v) is 18.8. The van der Waals surface area contributed by atoms with Crippen molar-refractivity contribution in [3.63, 3.8) is 0 Å². The highest BCUT2D eigenvalue weighted by Gasteiger charge is 2.21. The topological polar surface area (TPSA) is 78.7 Å². The molecule has 2 aromatic heterocycles. The number of thioether (sulfide) groups is 1. The zero-order chi connectivity index (χ0) is 21.1. The molecule has 0 saturated heterocycles. The molecule has 0 aliphatic heterocycles. The van der Waals surface area contributed by atoms with E-state index < -0.39 is 0 Å². The summed E-state index contributed by atoms with van der Waals surface area (Å²) in [6, 6.07) is 10.3. The quantitative estimate of drug-likeness (QED) is 0.535. The standard InChI is InChI=1S/C23H24N4OS2/c1-14-9-10-19-20(11-14)30-23(26-19)27-21(28)15(2)29-22-17(13-24)12-16-7-5-3-4-6-8-18(16)25-22/h9-12,15H,3-8H2,1-2H3,(H,26,27,28). The van der Waals surface area contributed by atoms with Gasteiger partial charge in [-0.15, -0.1) is 0 Å². The second-order valence-electron chi connectivity index (χ2n) is 7.71. The van der Waals surface area contributed by atoms with E-state index in [4.69, 9.17) is 4.98 Å². The monoisotopic (exact) mass is 436 g/mol. The summed E-state index contributed by atoms with van der Waals surface area (Å²) in [5.41, 5.74) is 4.90. The molecule has 0 fully saturated rings. The fraction of sp³-hybridized carbons (Fsp3) is 0.391. The molecular weight excluding hydrogens is 412 g/mol. The molecule has 0 radical (unpaired) electrons. The molecular formula is C23H24N4OS2. The van der Waals surface area contributed by atoms with Crippen molar-refractivity contribution in [2.45, 2.75) is 62.6 Å². The average molecular weight is 437 g/mol. The van der Waals surface area contributed by atoms with Crippen LogP contribution in [0, 0.1) is 18.3 Å². The van der Waals surface area contributed by atoms with Crippen molar-refractivity contribution in [1.82, 2.24) is 9.97 Å². The van der Waals surface area contributed by atoms with Gasteiger partial charge in [0.1, 0.15) is 11.1 Å². The lowest BCUT2D eigenvalue weighted by atomic mass is 9.96. The van der Waals surface area contributed by atoms with Gasteiger partial charge >= 0.3 is 0 Å². The maximum Gasteiger partial charge on any atom is 0.239 e. The number of amides is 1. The van der Waals surface area contributed by atoms with E-state index in [2.05, 4.69) is 22.4 Å². The van der Waals surface area contributed by atoms with Gasteiger partial charge in [-0.1, -0.05) is 42.0 Å². The van der Waals surface area contributed by atoms with Crippen molar-refractivity contribution >= 4 is 44.4 Å². The molecule has 1 unspecified atom stereocenters. The third-order valence-corrected chi connectivity index (χ3v) is 7.35. The van der Waals surface area contributed by atoms with Gasteiger partial charge in [-0.25, -0.2) is 9.97 Å². The second-order valence-corrected chi connectivity index (χ2v) is 10.1. The third kappa shape index (κ3) is 4.66. The van der Waals surface area contributed by atoms with E-state index in [1.54, 1.807) is 0 Å². The first-order valence-corrected chi connectivity index (χ1v) is 12.0. The van der Waals surface area contributed by atoms with Gasteiger partial charge < -0.3 is 5.32 Å².